The van der Waals surface area contributed by atoms with Crippen LogP contribution in [0.15, 0.2) is 77.4 Å². The van der Waals surface area contributed by atoms with E-state index in [1.807, 2.05) is 30.3 Å². The van der Waals surface area contributed by atoms with Crippen molar-refractivity contribution in [2.75, 3.05) is 11.9 Å². The number of carbonyl (C=O) groups excluding carboxylic acids is 1. The van der Waals surface area contributed by atoms with Gasteiger partial charge in [0.2, 0.25) is 11.7 Å². The van der Waals surface area contributed by atoms with E-state index in [0.29, 0.717) is 11.3 Å². The lowest BCUT2D eigenvalue weighted by Gasteiger charge is -2.18. The van der Waals surface area contributed by atoms with Crippen LogP contribution in [-0.4, -0.2) is 34.0 Å². The third-order valence-corrected chi connectivity index (χ3v) is 4.64. The summed E-state index contributed by atoms with van der Waals surface area (Å²) in [7, 11) is 1.69. The van der Waals surface area contributed by atoms with E-state index in [2.05, 4.69) is 14.9 Å². The molecule has 0 N–H and O–H groups in total. The fourth-order valence-electron chi connectivity index (χ4n) is 3.04. The molecule has 0 saturated carbocycles. The SMILES string of the molecule is CN(C(=O)Cn1cccc1-c1nc(-c2ccc(OC(F)(F)F)cc2)no1)c1ccccc1. The predicted octanol–water partition coefficient (Wildman–Crippen LogP) is 4.77. The van der Waals surface area contributed by atoms with E-state index in [4.69, 9.17) is 4.52 Å². The van der Waals surface area contributed by atoms with E-state index in [1.54, 1.807) is 34.8 Å². The zero-order valence-electron chi connectivity index (χ0n) is 16.8. The highest BCUT2D eigenvalue weighted by Crippen LogP contribution is 2.27. The smallest absolute Gasteiger partial charge is 0.406 e. The Morgan fingerprint density at radius 2 is 1.78 bits per heavy atom. The largest absolute Gasteiger partial charge is 0.573 e. The molecule has 0 saturated heterocycles. The molecule has 0 bridgehead atoms. The monoisotopic (exact) mass is 442 g/mol. The van der Waals surface area contributed by atoms with Gasteiger partial charge >= 0.3 is 6.36 Å². The highest BCUT2D eigenvalue weighted by Gasteiger charge is 2.31. The van der Waals surface area contributed by atoms with Crippen molar-refractivity contribution in [3.8, 4) is 28.7 Å². The Hall–Kier alpha value is -4.08. The summed E-state index contributed by atoms with van der Waals surface area (Å²) in [6.45, 7) is 0.0505. The molecule has 0 aliphatic carbocycles. The van der Waals surface area contributed by atoms with Gasteiger partial charge in [-0.25, -0.2) is 0 Å². The molecular weight excluding hydrogens is 425 g/mol. The molecule has 2 aromatic heterocycles. The van der Waals surface area contributed by atoms with Crippen molar-refractivity contribution in [1.29, 1.82) is 0 Å². The maximum atomic E-state index is 12.7. The first kappa shape index (κ1) is 21.2. The molecular formula is C22H17F3N4O3. The number of carbonyl (C=O) groups is 1. The second-order valence-corrected chi connectivity index (χ2v) is 6.80. The molecule has 0 fully saturated rings. The Bertz CT molecular complexity index is 1200. The van der Waals surface area contributed by atoms with E-state index in [-0.39, 0.29) is 29.9 Å². The number of amides is 1. The highest BCUT2D eigenvalue weighted by molar-refractivity contribution is 5.92. The Labute approximate surface area is 180 Å². The topological polar surface area (TPSA) is 73.4 Å². The van der Waals surface area contributed by atoms with Gasteiger partial charge in [-0.3, -0.25) is 4.79 Å². The zero-order valence-corrected chi connectivity index (χ0v) is 16.8. The lowest BCUT2D eigenvalue weighted by Crippen LogP contribution is -2.29. The summed E-state index contributed by atoms with van der Waals surface area (Å²) in [5, 5.41) is 3.89. The summed E-state index contributed by atoms with van der Waals surface area (Å²) in [6.07, 6.45) is -3.04. The van der Waals surface area contributed by atoms with Crippen LogP contribution in [0.25, 0.3) is 23.0 Å². The minimum absolute atomic E-state index is 0.0505. The summed E-state index contributed by atoms with van der Waals surface area (Å²) in [5.74, 6) is -0.122. The first-order valence-electron chi connectivity index (χ1n) is 9.47. The zero-order chi connectivity index (χ0) is 22.7. The molecule has 4 rings (SSSR count). The molecule has 0 aliphatic heterocycles. The van der Waals surface area contributed by atoms with E-state index >= 15 is 0 Å². The number of aromatic nitrogens is 3. The van der Waals surface area contributed by atoms with Crippen LogP contribution in [0, 0.1) is 0 Å². The molecule has 7 nitrogen and oxygen atoms in total. The van der Waals surface area contributed by atoms with Crippen LogP contribution in [-0.2, 0) is 11.3 Å². The van der Waals surface area contributed by atoms with Gasteiger partial charge in [0.25, 0.3) is 5.89 Å². The molecule has 0 aliphatic rings. The first-order valence-corrected chi connectivity index (χ1v) is 9.47. The van der Waals surface area contributed by atoms with Gasteiger partial charge in [-0.05, 0) is 48.5 Å². The third kappa shape index (κ3) is 4.80. The number of hydrogen-bond donors (Lipinski definition) is 0. The van der Waals surface area contributed by atoms with Crippen LogP contribution in [0.2, 0.25) is 0 Å². The summed E-state index contributed by atoms with van der Waals surface area (Å²) in [6, 6.07) is 17.8. The predicted molar refractivity (Wildman–Crippen MR) is 110 cm³/mol. The number of para-hydroxylation sites is 1. The summed E-state index contributed by atoms with van der Waals surface area (Å²) in [5.41, 5.74) is 1.76. The number of rotatable bonds is 6. The fraction of sp³-hybridized carbons (Fsp3) is 0.136. The van der Waals surface area contributed by atoms with Crippen LogP contribution in [0.5, 0.6) is 5.75 Å². The van der Waals surface area contributed by atoms with E-state index in [0.717, 1.165) is 5.69 Å². The Kier molecular flexibility index (Phi) is 5.67. The average Bonchev–Trinajstić information content (AvgIpc) is 3.42. The van der Waals surface area contributed by atoms with Gasteiger partial charge in [-0.2, -0.15) is 4.98 Å². The average molecular weight is 442 g/mol. The molecule has 32 heavy (non-hydrogen) atoms. The molecule has 164 valence electrons. The normalized spacial score (nSPS) is 11.4. The lowest BCUT2D eigenvalue weighted by atomic mass is 10.2. The number of ether oxygens (including phenoxy) is 1. The van der Waals surface area contributed by atoms with Gasteiger partial charge in [0, 0.05) is 24.5 Å². The Morgan fingerprint density at radius 3 is 2.47 bits per heavy atom. The number of likely N-dealkylation sites (N-methyl/N-ethyl adjacent to an activating group) is 1. The van der Waals surface area contributed by atoms with E-state index < -0.39 is 6.36 Å². The number of nitrogens with zero attached hydrogens (tertiary/aromatic N) is 4. The van der Waals surface area contributed by atoms with E-state index in [1.165, 1.54) is 24.3 Å². The van der Waals surface area contributed by atoms with Crippen molar-refractivity contribution >= 4 is 11.6 Å². The number of benzene rings is 2. The fourth-order valence-corrected chi connectivity index (χ4v) is 3.04. The van der Waals surface area contributed by atoms with Crippen molar-refractivity contribution in [2.24, 2.45) is 0 Å². The van der Waals surface area contributed by atoms with Crippen molar-refractivity contribution < 1.29 is 27.2 Å². The third-order valence-electron chi connectivity index (χ3n) is 4.64. The van der Waals surface area contributed by atoms with Crippen molar-refractivity contribution in [3.63, 3.8) is 0 Å². The second-order valence-electron chi connectivity index (χ2n) is 6.80. The molecule has 0 unspecified atom stereocenters. The minimum atomic E-state index is -4.77. The standard InChI is InChI=1S/C22H17F3N4O3/c1-28(16-6-3-2-4-7-16)19(30)14-29-13-5-8-18(29)21-26-20(27-32-21)15-9-11-17(12-10-15)31-22(23,24)25/h2-13H,14H2,1H3. The minimum Gasteiger partial charge on any atom is -0.406 e. The Balaban J connectivity index is 1.50. The summed E-state index contributed by atoms with van der Waals surface area (Å²) < 4.78 is 47.8. The maximum Gasteiger partial charge on any atom is 0.573 e. The van der Waals surface area contributed by atoms with Crippen LogP contribution in [0.1, 0.15) is 0 Å². The quantitative estimate of drug-likeness (QED) is 0.430. The van der Waals surface area contributed by atoms with Gasteiger partial charge in [0.15, 0.2) is 0 Å². The lowest BCUT2D eigenvalue weighted by molar-refractivity contribution is -0.274. The molecule has 2 aromatic carbocycles. The second kappa shape index (κ2) is 8.58. The maximum absolute atomic E-state index is 12.7. The van der Waals surface area contributed by atoms with Crippen LogP contribution < -0.4 is 9.64 Å². The molecule has 2 heterocycles. The van der Waals surface area contributed by atoms with Gasteiger partial charge in [0.1, 0.15) is 18.0 Å². The molecule has 1 amide bonds. The number of alkyl halides is 3. The first-order chi connectivity index (χ1) is 15.3. The van der Waals surface area contributed by atoms with Gasteiger partial charge in [-0.15, -0.1) is 13.2 Å². The van der Waals surface area contributed by atoms with Crippen molar-refractivity contribution in [1.82, 2.24) is 14.7 Å². The van der Waals surface area contributed by atoms with Crippen molar-refractivity contribution in [2.45, 2.75) is 12.9 Å². The summed E-state index contributed by atoms with van der Waals surface area (Å²) >= 11 is 0. The molecule has 0 radical (unpaired) electrons. The van der Waals surface area contributed by atoms with Gasteiger partial charge in [-0.1, -0.05) is 23.4 Å². The van der Waals surface area contributed by atoms with Crippen LogP contribution >= 0.6 is 0 Å². The Morgan fingerprint density at radius 1 is 1.06 bits per heavy atom. The molecule has 0 atom stereocenters. The van der Waals surface area contributed by atoms with Crippen LogP contribution in [0.4, 0.5) is 18.9 Å². The van der Waals surface area contributed by atoms with Gasteiger partial charge in [0.05, 0.1) is 0 Å². The van der Waals surface area contributed by atoms with Crippen LogP contribution in [0.3, 0.4) is 0 Å². The van der Waals surface area contributed by atoms with Gasteiger partial charge < -0.3 is 18.7 Å². The molecule has 10 heteroatoms. The molecule has 4 aromatic rings. The number of hydrogen-bond acceptors (Lipinski definition) is 5. The summed E-state index contributed by atoms with van der Waals surface area (Å²) in [4.78, 5) is 18.6. The van der Waals surface area contributed by atoms with Crippen molar-refractivity contribution in [3.05, 3.63) is 72.9 Å². The molecule has 0 spiro atoms. The number of anilines is 1. The number of halogens is 3. The van der Waals surface area contributed by atoms with E-state index in [9.17, 15) is 18.0 Å². The highest BCUT2D eigenvalue weighted by atomic mass is 19.4.